The molecule has 0 spiro atoms. The van der Waals surface area contributed by atoms with Crippen molar-refractivity contribution in [1.82, 2.24) is 0 Å². The van der Waals surface area contributed by atoms with Crippen LogP contribution in [0.5, 0.6) is 0 Å². The summed E-state index contributed by atoms with van der Waals surface area (Å²) in [5, 5.41) is 0. The smallest absolute Gasteiger partial charge is 0.0591 e. The van der Waals surface area contributed by atoms with Gasteiger partial charge in [-0.05, 0) is 42.4 Å². The molecule has 0 aromatic heterocycles. The molecule has 2 rings (SSSR count). The zero-order valence-electron chi connectivity index (χ0n) is 7.41. The summed E-state index contributed by atoms with van der Waals surface area (Å²) in [5.41, 5.74) is 1.37. The number of fused-ring (bicyclic) bond motifs is 2. The van der Waals surface area contributed by atoms with Crippen molar-refractivity contribution in [2.75, 3.05) is 0 Å². The van der Waals surface area contributed by atoms with E-state index in [1.807, 2.05) is 0 Å². The van der Waals surface area contributed by atoms with Gasteiger partial charge in [-0.3, -0.25) is 0 Å². The highest BCUT2D eigenvalue weighted by atomic mass is 27.0. The fourth-order valence-corrected chi connectivity index (χ4v) is 3.11. The molecule has 64 valence electrons. The van der Waals surface area contributed by atoms with Gasteiger partial charge in [0.1, 0.15) is 0 Å². The molecular weight excluding hydrogens is 147 g/mol. The lowest BCUT2D eigenvalue weighted by molar-refractivity contribution is 0.152. The summed E-state index contributed by atoms with van der Waals surface area (Å²) in [5.74, 6) is 1.05. The van der Waals surface area contributed by atoms with E-state index in [1.165, 1.54) is 25.7 Å². The van der Waals surface area contributed by atoms with E-state index in [2.05, 4.69) is 20.8 Å². The van der Waals surface area contributed by atoms with Gasteiger partial charge in [0.15, 0.2) is 17.4 Å². The van der Waals surface area contributed by atoms with E-state index in [-0.39, 0.29) is 17.4 Å². The molecule has 1 heteroatoms. The summed E-state index contributed by atoms with van der Waals surface area (Å²) >= 11 is 0. The van der Waals surface area contributed by atoms with E-state index in [0.717, 1.165) is 5.92 Å². The van der Waals surface area contributed by atoms with Gasteiger partial charge in [0.05, 0.1) is 0 Å². The van der Waals surface area contributed by atoms with Crippen molar-refractivity contribution in [3.8, 4) is 0 Å². The highest BCUT2D eigenvalue weighted by Gasteiger charge is 2.55. The first-order valence-corrected chi connectivity index (χ1v) is 4.56. The normalized spacial score (nSPS) is 45.5. The second-order valence-electron chi connectivity index (χ2n) is 5.06. The molecule has 2 saturated carbocycles. The fourth-order valence-electron chi connectivity index (χ4n) is 3.11. The van der Waals surface area contributed by atoms with Crippen molar-refractivity contribution in [1.29, 1.82) is 0 Å². The molecular formula is C10H21Al. The summed E-state index contributed by atoms with van der Waals surface area (Å²) in [6.45, 7) is 7.43. The van der Waals surface area contributed by atoms with Crippen molar-refractivity contribution in [3.63, 3.8) is 0 Å². The Balaban J connectivity index is 0.000000605. The van der Waals surface area contributed by atoms with Crippen LogP contribution >= 0.6 is 0 Å². The van der Waals surface area contributed by atoms with Crippen LogP contribution in [0.3, 0.4) is 0 Å². The first-order chi connectivity index (χ1) is 4.56. The SMILES string of the molecule is CC1(C)[C@H]2CC[C@@]1(C)CC2.[AlH3]. The van der Waals surface area contributed by atoms with Crippen molar-refractivity contribution < 1.29 is 0 Å². The Morgan fingerprint density at radius 3 is 1.55 bits per heavy atom. The Morgan fingerprint density at radius 2 is 1.45 bits per heavy atom. The standard InChI is InChI=1S/C10H18.Al.3H/c1-9(2)8-4-6-10(9,3)7-5-8;;;;/h8H,4-7H2,1-3H3;;;;/t8-,10-;;;;. The van der Waals surface area contributed by atoms with Crippen LogP contribution in [0.2, 0.25) is 0 Å². The van der Waals surface area contributed by atoms with Crippen LogP contribution in [-0.2, 0) is 0 Å². The maximum atomic E-state index is 2.49. The second kappa shape index (κ2) is 2.51. The molecule has 11 heavy (non-hydrogen) atoms. The summed E-state index contributed by atoms with van der Waals surface area (Å²) in [6, 6.07) is 0. The zero-order valence-corrected chi connectivity index (χ0v) is 7.41. The highest BCUT2D eigenvalue weighted by Crippen LogP contribution is 2.65. The van der Waals surface area contributed by atoms with Gasteiger partial charge in [0.25, 0.3) is 0 Å². The van der Waals surface area contributed by atoms with Gasteiger partial charge < -0.3 is 0 Å². The van der Waals surface area contributed by atoms with Crippen LogP contribution in [0.15, 0.2) is 0 Å². The van der Waals surface area contributed by atoms with Crippen LogP contribution in [0.1, 0.15) is 46.5 Å². The topological polar surface area (TPSA) is 0 Å². The van der Waals surface area contributed by atoms with Crippen LogP contribution in [0.4, 0.5) is 0 Å². The minimum Gasteiger partial charge on any atom is -0.0591 e. The molecule has 0 unspecified atom stereocenters. The maximum Gasteiger partial charge on any atom is 0.187 e. The third kappa shape index (κ3) is 1.01. The average molecular weight is 168 g/mol. The quantitative estimate of drug-likeness (QED) is 0.486. The van der Waals surface area contributed by atoms with Gasteiger partial charge in [0.2, 0.25) is 0 Å². The number of rotatable bonds is 0. The number of hydrogen-bond acceptors (Lipinski definition) is 0. The second-order valence-corrected chi connectivity index (χ2v) is 5.06. The Hall–Kier alpha value is 0.532. The molecule has 0 aromatic rings. The summed E-state index contributed by atoms with van der Waals surface area (Å²) in [7, 11) is 0. The van der Waals surface area contributed by atoms with Crippen LogP contribution in [0, 0.1) is 16.7 Å². The summed E-state index contributed by atoms with van der Waals surface area (Å²) < 4.78 is 0. The van der Waals surface area contributed by atoms with Gasteiger partial charge in [-0.2, -0.15) is 0 Å². The van der Waals surface area contributed by atoms with Gasteiger partial charge in [-0.1, -0.05) is 20.8 Å². The van der Waals surface area contributed by atoms with Gasteiger partial charge >= 0.3 is 0 Å². The minimum atomic E-state index is 0. The Bertz CT molecular complexity index is 150. The van der Waals surface area contributed by atoms with E-state index in [4.69, 9.17) is 0 Å². The zero-order chi connectivity index (χ0) is 7.41. The molecule has 0 N–H and O–H groups in total. The average Bonchev–Trinajstić information content (AvgIpc) is 2.18. The van der Waals surface area contributed by atoms with Crippen LogP contribution < -0.4 is 0 Å². The molecule has 2 bridgehead atoms. The van der Waals surface area contributed by atoms with Crippen molar-refractivity contribution in [2.24, 2.45) is 16.7 Å². The molecule has 2 fully saturated rings. The highest BCUT2D eigenvalue weighted by molar-refractivity contribution is 5.75. The molecule has 0 heterocycles. The molecule has 0 atom stereocenters. The molecule has 0 nitrogen and oxygen atoms in total. The van der Waals surface area contributed by atoms with Crippen molar-refractivity contribution in [2.45, 2.75) is 46.5 Å². The van der Waals surface area contributed by atoms with Crippen LogP contribution in [-0.4, -0.2) is 17.4 Å². The predicted molar refractivity (Wildman–Crippen MR) is 53.8 cm³/mol. The van der Waals surface area contributed by atoms with E-state index in [9.17, 15) is 0 Å². The predicted octanol–water partition coefficient (Wildman–Crippen LogP) is 2.04. The molecule has 0 radical (unpaired) electrons. The largest absolute Gasteiger partial charge is 0.187 e. The molecule has 0 saturated heterocycles. The molecule has 2 aliphatic rings. The minimum absolute atomic E-state index is 0. The first-order valence-electron chi connectivity index (χ1n) is 4.56. The summed E-state index contributed by atoms with van der Waals surface area (Å²) in [4.78, 5) is 0. The summed E-state index contributed by atoms with van der Waals surface area (Å²) in [6.07, 6.45) is 5.99. The maximum absolute atomic E-state index is 2.49. The van der Waals surface area contributed by atoms with Crippen molar-refractivity contribution >= 4 is 17.4 Å². The van der Waals surface area contributed by atoms with Gasteiger partial charge in [0, 0.05) is 0 Å². The van der Waals surface area contributed by atoms with Gasteiger partial charge in [-0.25, -0.2) is 0 Å². The van der Waals surface area contributed by atoms with Gasteiger partial charge in [-0.15, -0.1) is 0 Å². The van der Waals surface area contributed by atoms with E-state index in [1.54, 1.807) is 0 Å². The molecule has 0 amide bonds. The fraction of sp³-hybridized carbons (Fsp3) is 1.00. The Morgan fingerprint density at radius 1 is 1.00 bits per heavy atom. The lowest BCUT2D eigenvalue weighted by Crippen LogP contribution is -2.26. The number of hydrogen-bond donors (Lipinski definition) is 0. The monoisotopic (exact) mass is 168 g/mol. The lowest BCUT2D eigenvalue weighted by atomic mass is 9.71. The van der Waals surface area contributed by atoms with Crippen LogP contribution in [0.25, 0.3) is 0 Å². The van der Waals surface area contributed by atoms with Crippen molar-refractivity contribution in [3.05, 3.63) is 0 Å². The van der Waals surface area contributed by atoms with E-state index >= 15 is 0 Å². The van der Waals surface area contributed by atoms with E-state index in [0.29, 0.717) is 10.8 Å². The Labute approximate surface area is 80.9 Å². The molecule has 0 aromatic carbocycles. The lowest BCUT2D eigenvalue weighted by Gasteiger charge is -2.34. The first kappa shape index (κ1) is 9.62. The molecule has 0 aliphatic heterocycles. The van der Waals surface area contributed by atoms with E-state index < -0.39 is 0 Å². The Kier molecular flexibility index (Phi) is 2.19. The third-order valence-corrected chi connectivity index (χ3v) is 4.67. The molecule has 2 aliphatic carbocycles. The third-order valence-electron chi connectivity index (χ3n) is 4.67.